The molecule has 0 bridgehead atoms. The van der Waals surface area contributed by atoms with Gasteiger partial charge in [0.1, 0.15) is 0 Å². The summed E-state index contributed by atoms with van der Waals surface area (Å²) in [7, 11) is 0. The Morgan fingerprint density at radius 2 is 2.15 bits per heavy atom. The summed E-state index contributed by atoms with van der Waals surface area (Å²) in [6.07, 6.45) is 2.93. The van der Waals surface area contributed by atoms with E-state index in [9.17, 15) is 4.79 Å². The third-order valence-electron chi connectivity index (χ3n) is 3.60. The zero-order chi connectivity index (χ0) is 9.31. The average Bonchev–Trinajstić information content (AvgIpc) is 2.54. The zero-order valence-electron chi connectivity index (χ0n) is 8.14. The molecule has 0 aliphatic carbocycles. The fourth-order valence-corrected chi connectivity index (χ4v) is 2.34. The van der Waals surface area contributed by atoms with Crippen molar-refractivity contribution < 1.29 is 9.53 Å². The molecule has 1 amide bonds. The molecule has 2 saturated heterocycles. The predicted molar refractivity (Wildman–Crippen MR) is 49.3 cm³/mol. The van der Waals surface area contributed by atoms with Crippen LogP contribution in [0.4, 0.5) is 0 Å². The van der Waals surface area contributed by atoms with Crippen LogP contribution < -0.4 is 5.32 Å². The van der Waals surface area contributed by atoms with E-state index in [1.54, 1.807) is 0 Å². The monoisotopic (exact) mass is 183 g/mol. The van der Waals surface area contributed by atoms with Gasteiger partial charge >= 0.3 is 0 Å². The van der Waals surface area contributed by atoms with Gasteiger partial charge in [0.2, 0.25) is 5.91 Å². The molecule has 1 unspecified atom stereocenters. The third kappa shape index (κ3) is 1.70. The molecule has 0 aromatic carbocycles. The van der Waals surface area contributed by atoms with Gasteiger partial charge in [0.05, 0.1) is 0 Å². The van der Waals surface area contributed by atoms with Gasteiger partial charge in [0.15, 0.2) is 0 Å². The van der Waals surface area contributed by atoms with E-state index in [1.165, 1.54) is 0 Å². The van der Waals surface area contributed by atoms with Gasteiger partial charge in [-0.25, -0.2) is 0 Å². The van der Waals surface area contributed by atoms with Gasteiger partial charge in [-0.3, -0.25) is 4.79 Å². The van der Waals surface area contributed by atoms with Crippen LogP contribution in [0.5, 0.6) is 0 Å². The highest BCUT2D eigenvalue weighted by Gasteiger charge is 2.39. The summed E-state index contributed by atoms with van der Waals surface area (Å²) in [4.78, 5) is 11.1. The fourth-order valence-electron chi connectivity index (χ4n) is 2.34. The number of ether oxygens (including phenoxy) is 1. The molecule has 74 valence electrons. The van der Waals surface area contributed by atoms with Crippen LogP contribution in [0.15, 0.2) is 0 Å². The highest BCUT2D eigenvalue weighted by atomic mass is 16.5. The van der Waals surface area contributed by atoms with Crippen molar-refractivity contribution in [2.75, 3.05) is 19.8 Å². The largest absolute Gasteiger partial charge is 0.381 e. The summed E-state index contributed by atoms with van der Waals surface area (Å²) in [5.74, 6) is 0.751. The van der Waals surface area contributed by atoms with E-state index < -0.39 is 0 Å². The standard InChI is InChI=1S/C10H17NO2/c1-10(2-4-13-5-3-10)8-6-9(12)11-7-8/h8H,2-7H2,1H3,(H,11,12). The molecule has 3 nitrogen and oxygen atoms in total. The van der Waals surface area contributed by atoms with Gasteiger partial charge in [0.25, 0.3) is 0 Å². The topological polar surface area (TPSA) is 38.3 Å². The van der Waals surface area contributed by atoms with Crippen molar-refractivity contribution in [1.82, 2.24) is 5.32 Å². The first kappa shape index (κ1) is 9.00. The van der Waals surface area contributed by atoms with Crippen LogP contribution in [0.1, 0.15) is 26.2 Å². The minimum atomic E-state index is 0.220. The van der Waals surface area contributed by atoms with Crippen molar-refractivity contribution in [2.45, 2.75) is 26.2 Å². The molecule has 3 heteroatoms. The maximum atomic E-state index is 11.1. The van der Waals surface area contributed by atoms with E-state index in [0.717, 1.165) is 39.0 Å². The first-order chi connectivity index (χ1) is 6.21. The number of amides is 1. The van der Waals surface area contributed by atoms with Gasteiger partial charge in [-0.05, 0) is 24.2 Å². The lowest BCUT2D eigenvalue weighted by atomic mass is 9.71. The molecule has 0 saturated carbocycles. The second kappa shape index (κ2) is 3.29. The lowest BCUT2D eigenvalue weighted by Crippen LogP contribution is -2.35. The SMILES string of the molecule is CC1(C2CNC(=O)C2)CCOCC1. The van der Waals surface area contributed by atoms with E-state index >= 15 is 0 Å². The lowest BCUT2D eigenvalue weighted by Gasteiger charge is -2.38. The number of rotatable bonds is 1. The summed E-state index contributed by atoms with van der Waals surface area (Å²) in [5, 5.41) is 2.91. The second-order valence-corrected chi connectivity index (χ2v) is 4.47. The molecule has 2 aliphatic heterocycles. The van der Waals surface area contributed by atoms with Crippen LogP contribution in [0.3, 0.4) is 0 Å². The highest BCUT2D eigenvalue weighted by molar-refractivity contribution is 5.78. The molecule has 2 aliphatic rings. The first-order valence-corrected chi connectivity index (χ1v) is 5.05. The Kier molecular flexibility index (Phi) is 2.28. The Bertz CT molecular complexity index is 209. The molecule has 13 heavy (non-hydrogen) atoms. The average molecular weight is 183 g/mol. The minimum Gasteiger partial charge on any atom is -0.381 e. The Hall–Kier alpha value is -0.570. The van der Waals surface area contributed by atoms with Crippen LogP contribution >= 0.6 is 0 Å². The fraction of sp³-hybridized carbons (Fsp3) is 0.900. The third-order valence-corrected chi connectivity index (χ3v) is 3.60. The van der Waals surface area contributed by atoms with Crippen molar-refractivity contribution in [3.05, 3.63) is 0 Å². The molecular formula is C10H17NO2. The Balaban J connectivity index is 2.01. The number of nitrogens with one attached hydrogen (secondary N) is 1. The van der Waals surface area contributed by atoms with Crippen molar-refractivity contribution in [1.29, 1.82) is 0 Å². The molecule has 0 spiro atoms. The Labute approximate surface area is 78.8 Å². The van der Waals surface area contributed by atoms with Crippen molar-refractivity contribution in [3.8, 4) is 0 Å². The molecule has 2 fully saturated rings. The maximum absolute atomic E-state index is 11.1. The van der Waals surface area contributed by atoms with Crippen LogP contribution in [0.2, 0.25) is 0 Å². The molecule has 0 aromatic rings. The van der Waals surface area contributed by atoms with E-state index in [0.29, 0.717) is 11.3 Å². The Morgan fingerprint density at radius 1 is 1.46 bits per heavy atom. The van der Waals surface area contributed by atoms with E-state index in [-0.39, 0.29) is 5.91 Å². The minimum absolute atomic E-state index is 0.220. The molecule has 0 radical (unpaired) electrons. The molecule has 1 atom stereocenters. The molecule has 2 heterocycles. The number of carbonyl (C=O) groups is 1. The van der Waals surface area contributed by atoms with Crippen LogP contribution in [-0.4, -0.2) is 25.7 Å². The first-order valence-electron chi connectivity index (χ1n) is 5.05. The molecular weight excluding hydrogens is 166 g/mol. The van der Waals surface area contributed by atoms with Crippen molar-refractivity contribution >= 4 is 5.91 Å². The lowest BCUT2D eigenvalue weighted by molar-refractivity contribution is -0.119. The maximum Gasteiger partial charge on any atom is 0.220 e. The normalized spacial score (nSPS) is 33.0. The smallest absolute Gasteiger partial charge is 0.220 e. The molecule has 1 N–H and O–H groups in total. The van der Waals surface area contributed by atoms with Crippen LogP contribution in [0.25, 0.3) is 0 Å². The van der Waals surface area contributed by atoms with Gasteiger partial charge < -0.3 is 10.1 Å². The predicted octanol–water partition coefficient (Wildman–Crippen LogP) is 0.939. The zero-order valence-corrected chi connectivity index (χ0v) is 8.14. The number of hydrogen-bond donors (Lipinski definition) is 1. The highest BCUT2D eigenvalue weighted by Crippen LogP contribution is 2.40. The van der Waals surface area contributed by atoms with Crippen LogP contribution in [-0.2, 0) is 9.53 Å². The van der Waals surface area contributed by atoms with Gasteiger partial charge in [-0.2, -0.15) is 0 Å². The Morgan fingerprint density at radius 3 is 2.69 bits per heavy atom. The second-order valence-electron chi connectivity index (χ2n) is 4.47. The van der Waals surface area contributed by atoms with E-state index in [4.69, 9.17) is 4.74 Å². The summed E-state index contributed by atoms with van der Waals surface area (Å²) >= 11 is 0. The van der Waals surface area contributed by atoms with Gasteiger partial charge in [-0.1, -0.05) is 6.92 Å². The van der Waals surface area contributed by atoms with E-state index in [1.807, 2.05) is 0 Å². The van der Waals surface area contributed by atoms with Crippen LogP contribution in [0, 0.1) is 11.3 Å². The summed E-state index contributed by atoms with van der Waals surface area (Å²) in [6.45, 7) is 4.89. The molecule has 2 rings (SSSR count). The van der Waals surface area contributed by atoms with Crippen molar-refractivity contribution in [2.24, 2.45) is 11.3 Å². The summed E-state index contributed by atoms with van der Waals surface area (Å²) in [5.41, 5.74) is 0.331. The summed E-state index contributed by atoms with van der Waals surface area (Å²) < 4.78 is 5.35. The quantitative estimate of drug-likeness (QED) is 0.657. The molecule has 0 aromatic heterocycles. The summed E-state index contributed by atoms with van der Waals surface area (Å²) in [6, 6.07) is 0. The van der Waals surface area contributed by atoms with Gasteiger partial charge in [0, 0.05) is 26.2 Å². The number of carbonyl (C=O) groups excluding carboxylic acids is 1. The van der Waals surface area contributed by atoms with Crippen molar-refractivity contribution in [3.63, 3.8) is 0 Å². The van der Waals surface area contributed by atoms with Gasteiger partial charge in [-0.15, -0.1) is 0 Å². The van der Waals surface area contributed by atoms with E-state index in [2.05, 4.69) is 12.2 Å². The number of hydrogen-bond acceptors (Lipinski definition) is 2.